The van der Waals surface area contributed by atoms with Crippen LogP contribution >= 0.6 is 0 Å². The van der Waals surface area contributed by atoms with Crippen LogP contribution in [0.25, 0.3) is 0 Å². The van der Waals surface area contributed by atoms with Crippen molar-refractivity contribution in [3.63, 3.8) is 0 Å². The van der Waals surface area contributed by atoms with Crippen LogP contribution < -0.4 is 5.32 Å². The maximum absolute atomic E-state index is 11.9. The van der Waals surface area contributed by atoms with E-state index in [-0.39, 0.29) is 18.1 Å². The predicted molar refractivity (Wildman–Crippen MR) is 64.3 cm³/mol. The summed E-state index contributed by atoms with van der Waals surface area (Å²) in [6.45, 7) is 11.7. The Morgan fingerprint density at radius 3 is 2.50 bits per heavy atom. The normalized spacial score (nSPS) is 18.3. The Morgan fingerprint density at radius 2 is 2.12 bits per heavy atom. The van der Waals surface area contributed by atoms with Crippen molar-refractivity contribution in [1.82, 2.24) is 10.2 Å². The first-order valence-corrected chi connectivity index (χ1v) is 6.09. The van der Waals surface area contributed by atoms with Crippen molar-refractivity contribution in [2.45, 2.75) is 33.3 Å². The third kappa shape index (κ3) is 3.76. The highest BCUT2D eigenvalue weighted by molar-refractivity contribution is 5.77. The number of likely N-dealkylation sites (N-methyl/N-ethyl adjacent to an activating group) is 1. The maximum atomic E-state index is 11.9. The molecule has 0 bridgehead atoms. The first kappa shape index (κ1) is 13.5. The van der Waals surface area contributed by atoms with E-state index in [1.54, 1.807) is 0 Å². The molecule has 0 spiro atoms. The zero-order valence-corrected chi connectivity index (χ0v) is 10.9. The van der Waals surface area contributed by atoms with Crippen molar-refractivity contribution >= 4 is 5.91 Å². The van der Waals surface area contributed by atoms with Gasteiger partial charge in [0.15, 0.2) is 0 Å². The van der Waals surface area contributed by atoms with E-state index in [0.717, 1.165) is 26.2 Å². The number of hydrogen-bond donors (Lipinski definition) is 1. The molecule has 0 saturated carbocycles. The lowest BCUT2D eigenvalue weighted by molar-refractivity contribution is -0.146. The number of nitrogens with one attached hydrogen (secondary N) is 1. The van der Waals surface area contributed by atoms with Crippen LogP contribution in [0.5, 0.6) is 0 Å². The number of carbonyl (C=O) groups is 1. The van der Waals surface area contributed by atoms with Gasteiger partial charge >= 0.3 is 0 Å². The summed E-state index contributed by atoms with van der Waals surface area (Å²) in [7, 11) is 0. The standard InChI is InChI=1S/C12H24N2O2/c1-5-14(6-10(2)3)11(15)7-16-12(4)8-13-9-12/h10,13H,5-9H2,1-4H3. The lowest BCUT2D eigenvalue weighted by atomic mass is 10.0. The highest BCUT2D eigenvalue weighted by Crippen LogP contribution is 2.15. The summed E-state index contributed by atoms with van der Waals surface area (Å²) in [6.07, 6.45) is 0. The Morgan fingerprint density at radius 1 is 1.50 bits per heavy atom. The SMILES string of the molecule is CCN(CC(C)C)C(=O)COC1(C)CNC1. The van der Waals surface area contributed by atoms with Gasteiger partial charge in [-0.15, -0.1) is 0 Å². The molecular formula is C12H24N2O2. The zero-order valence-electron chi connectivity index (χ0n) is 10.9. The largest absolute Gasteiger partial charge is 0.363 e. The van der Waals surface area contributed by atoms with Gasteiger partial charge in [-0.2, -0.15) is 0 Å². The molecule has 0 aliphatic carbocycles. The fourth-order valence-corrected chi connectivity index (χ4v) is 1.75. The number of ether oxygens (including phenoxy) is 1. The van der Waals surface area contributed by atoms with Gasteiger partial charge in [-0.25, -0.2) is 0 Å². The van der Waals surface area contributed by atoms with Crippen molar-refractivity contribution in [1.29, 1.82) is 0 Å². The van der Waals surface area contributed by atoms with Crippen molar-refractivity contribution in [3.8, 4) is 0 Å². The van der Waals surface area contributed by atoms with Gasteiger partial charge in [0, 0.05) is 26.2 Å². The monoisotopic (exact) mass is 228 g/mol. The molecule has 1 aliphatic rings. The number of rotatable bonds is 6. The van der Waals surface area contributed by atoms with Gasteiger partial charge in [0.2, 0.25) is 5.91 Å². The Balaban J connectivity index is 2.31. The van der Waals surface area contributed by atoms with Crippen LogP contribution in [0.15, 0.2) is 0 Å². The molecular weight excluding hydrogens is 204 g/mol. The predicted octanol–water partition coefficient (Wildman–Crippen LogP) is 0.869. The van der Waals surface area contributed by atoms with Crippen molar-refractivity contribution < 1.29 is 9.53 Å². The minimum absolute atomic E-state index is 0.101. The summed E-state index contributed by atoms with van der Waals surface area (Å²) in [5.74, 6) is 0.606. The minimum atomic E-state index is -0.132. The van der Waals surface area contributed by atoms with Crippen LogP contribution in [-0.4, -0.2) is 49.2 Å². The second kappa shape index (κ2) is 5.64. The molecule has 94 valence electrons. The van der Waals surface area contributed by atoms with Gasteiger partial charge in [0.05, 0.1) is 5.60 Å². The quantitative estimate of drug-likeness (QED) is 0.733. The second-order valence-electron chi connectivity index (χ2n) is 5.17. The smallest absolute Gasteiger partial charge is 0.248 e. The van der Waals surface area contributed by atoms with Gasteiger partial charge in [-0.1, -0.05) is 13.8 Å². The molecule has 1 saturated heterocycles. The lowest BCUT2D eigenvalue weighted by Crippen LogP contribution is -2.59. The molecule has 4 heteroatoms. The highest BCUT2D eigenvalue weighted by Gasteiger charge is 2.33. The molecule has 0 aromatic carbocycles. The summed E-state index contributed by atoms with van der Waals surface area (Å²) in [6, 6.07) is 0. The third-order valence-electron chi connectivity index (χ3n) is 2.86. The summed E-state index contributed by atoms with van der Waals surface area (Å²) in [4.78, 5) is 13.7. The molecule has 1 fully saturated rings. The average molecular weight is 228 g/mol. The van der Waals surface area contributed by atoms with Gasteiger partial charge in [0.25, 0.3) is 0 Å². The zero-order chi connectivity index (χ0) is 12.2. The molecule has 0 unspecified atom stereocenters. The van der Waals surface area contributed by atoms with Crippen molar-refractivity contribution in [2.24, 2.45) is 5.92 Å². The van der Waals surface area contributed by atoms with E-state index in [1.807, 2.05) is 18.7 Å². The summed E-state index contributed by atoms with van der Waals surface area (Å²) >= 11 is 0. The van der Waals surface area contributed by atoms with Gasteiger partial charge in [0.1, 0.15) is 6.61 Å². The minimum Gasteiger partial charge on any atom is -0.363 e. The number of carbonyl (C=O) groups excluding carboxylic acids is 1. The van der Waals surface area contributed by atoms with Gasteiger partial charge in [-0.3, -0.25) is 4.79 Å². The molecule has 1 aliphatic heterocycles. The number of nitrogens with zero attached hydrogens (tertiary/aromatic N) is 1. The van der Waals surface area contributed by atoms with Crippen LogP contribution in [0.2, 0.25) is 0 Å². The number of amides is 1. The topological polar surface area (TPSA) is 41.6 Å². The fourth-order valence-electron chi connectivity index (χ4n) is 1.75. The summed E-state index contributed by atoms with van der Waals surface area (Å²) < 4.78 is 5.64. The molecule has 1 heterocycles. The van der Waals surface area contributed by atoms with E-state index in [9.17, 15) is 4.79 Å². The summed E-state index contributed by atoms with van der Waals surface area (Å²) in [5.41, 5.74) is -0.132. The molecule has 0 radical (unpaired) electrons. The molecule has 16 heavy (non-hydrogen) atoms. The molecule has 1 amide bonds. The number of hydrogen-bond acceptors (Lipinski definition) is 3. The molecule has 1 rings (SSSR count). The average Bonchev–Trinajstić information content (AvgIpc) is 2.19. The first-order valence-electron chi connectivity index (χ1n) is 6.09. The van der Waals surface area contributed by atoms with E-state index < -0.39 is 0 Å². The van der Waals surface area contributed by atoms with Crippen LogP contribution in [-0.2, 0) is 9.53 Å². The van der Waals surface area contributed by atoms with E-state index in [4.69, 9.17) is 4.74 Å². The van der Waals surface area contributed by atoms with Crippen molar-refractivity contribution in [3.05, 3.63) is 0 Å². The van der Waals surface area contributed by atoms with Gasteiger partial charge in [-0.05, 0) is 19.8 Å². The second-order valence-corrected chi connectivity index (χ2v) is 5.17. The van der Waals surface area contributed by atoms with Crippen LogP contribution in [0, 0.1) is 5.92 Å². The Bertz CT molecular complexity index is 237. The van der Waals surface area contributed by atoms with E-state index in [1.165, 1.54) is 0 Å². The Kier molecular flexibility index (Phi) is 4.74. The van der Waals surface area contributed by atoms with Crippen molar-refractivity contribution in [2.75, 3.05) is 32.8 Å². The van der Waals surface area contributed by atoms with E-state index in [2.05, 4.69) is 19.2 Å². The third-order valence-corrected chi connectivity index (χ3v) is 2.86. The van der Waals surface area contributed by atoms with Crippen LogP contribution in [0.3, 0.4) is 0 Å². The lowest BCUT2D eigenvalue weighted by Gasteiger charge is -2.39. The highest BCUT2D eigenvalue weighted by atomic mass is 16.5. The summed E-state index contributed by atoms with van der Waals surface area (Å²) in [5, 5.41) is 3.15. The molecule has 1 N–H and O–H groups in total. The Labute approximate surface area is 98.3 Å². The van der Waals surface area contributed by atoms with Crippen LogP contribution in [0.4, 0.5) is 0 Å². The van der Waals surface area contributed by atoms with E-state index >= 15 is 0 Å². The molecule has 4 nitrogen and oxygen atoms in total. The maximum Gasteiger partial charge on any atom is 0.248 e. The van der Waals surface area contributed by atoms with Gasteiger partial charge < -0.3 is 15.0 Å². The van der Waals surface area contributed by atoms with E-state index in [0.29, 0.717) is 5.92 Å². The fraction of sp³-hybridized carbons (Fsp3) is 0.917. The molecule has 0 aromatic heterocycles. The first-order chi connectivity index (χ1) is 7.47. The molecule has 0 aromatic rings. The van der Waals surface area contributed by atoms with Crippen LogP contribution in [0.1, 0.15) is 27.7 Å². The molecule has 0 atom stereocenters. The Hall–Kier alpha value is -0.610.